The lowest BCUT2D eigenvalue weighted by Crippen LogP contribution is -2.38. The van der Waals surface area contributed by atoms with Gasteiger partial charge in [0.15, 0.2) is 12.0 Å². The summed E-state index contributed by atoms with van der Waals surface area (Å²) in [6.07, 6.45) is 1.45. The third-order valence-electron chi connectivity index (χ3n) is 2.30. The number of rotatable bonds is 0. The minimum Gasteiger partial charge on any atom is -0.443 e. The summed E-state index contributed by atoms with van der Waals surface area (Å²) in [4.78, 5) is 3.95. The average Bonchev–Trinajstić information content (AvgIpc) is 2.79. The molecule has 1 aromatic carbocycles. The second-order valence-corrected chi connectivity index (χ2v) is 3.48. The summed E-state index contributed by atoms with van der Waals surface area (Å²) >= 11 is 0. The maximum Gasteiger partial charge on any atom is 0.181 e. The zero-order chi connectivity index (χ0) is 11.2. The van der Waals surface area contributed by atoms with Gasteiger partial charge in [-0.05, 0) is 12.1 Å². The van der Waals surface area contributed by atoms with Crippen molar-refractivity contribution < 1.29 is 8.90 Å². The third-order valence-corrected chi connectivity index (χ3v) is 2.30. The third kappa shape index (κ3) is 3.01. The molecule has 0 radical (unpaired) electrons. The van der Waals surface area contributed by atoms with Crippen LogP contribution in [0.2, 0.25) is 0 Å². The molecule has 0 amide bonds. The van der Waals surface area contributed by atoms with Crippen LogP contribution in [0.25, 0.3) is 11.1 Å². The first-order valence-electron chi connectivity index (χ1n) is 5.26. The highest BCUT2D eigenvalue weighted by molar-refractivity contribution is 5.71. The zero-order valence-electron chi connectivity index (χ0n) is 8.90. The van der Waals surface area contributed by atoms with Crippen molar-refractivity contribution in [3.8, 4) is 0 Å². The summed E-state index contributed by atoms with van der Waals surface area (Å²) in [5.41, 5.74) is 1.76. The van der Waals surface area contributed by atoms with Crippen LogP contribution < -0.4 is 5.32 Å². The number of fused-ring (bicyclic) bond motifs is 1. The van der Waals surface area contributed by atoms with Crippen molar-refractivity contribution in [1.29, 1.82) is 0 Å². The highest BCUT2D eigenvalue weighted by Gasteiger charge is 2.05. The van der Waals surface area contributed by atoms with Crippen molar-refractivity contribution >= 4 is 11.1 Å². The van der Waals surface area contributed by atoms with Crippen molar-refractivity contribution in [2.45, 2.75) is 0 Å². The fourth-order valence-corrected chi connectivity index (χ4v) is 1.44. The molecule has 5 heteroatoms. The molecule has 0 bridgehead atoms. The molecule has 1 aliphatic heterocycles. The number of hydrogen-bond acceptors (Lipinski definition) is 4. The number of hydrogen-bond donors (Lipinski definition) is 1. The molecule has 1 saturated heterocycles. The number of piperazine rings is 1. The molecule has 1 aromatic heterocycles. The van der Waals surface area contributed by atoms with Gasteiger partial charge < -0.3 is 9.73 Å². The minimum absolute atomic E-state index is 0.542. The predicted molar refractivity (Wildman–Crippen MR) is 59.6 cm³/mol. The molecule has 1 aliphatic rings. The normalized spacial score (nSPS) is 16.8. The maximum absolute atomic E-state index is 12.0. The molecule has 0 atom stereocenters. The first-order chi connectivity index (χ1) is 7.86. The molecule has 1 fully saturated rings. The molecule has 0 unspecified atom stereocenters. The Labute approximate surface area is 93.0 Å². The van der Waals surface area contributed by atoms with E-state index in [1.165, 1.54) is 6.39 Å². The van der Waals surface area contributed by atoms with E-state index in [0.717, 1.165) is 29.3 Å². The van der Waals surface area contributed by atoms with E-state index < -0.39 is 0 Å². The predicted octanol–water partition coefficient (Wildman–Crippen LogP) is 1.60. The Morgan fingerprint density at radius 3 is 2.62 bits per heavy atom. The van der Waals surface area contributed by atoms with Crippen molar-refractivity contribution in [2.24, 2.45) is 0 Å². The Morgan fingerprint density at radius 1 is 1.25 bits per heavy atom. The lowest BCUT2D eigenvalue weighted by molar-refractivity contribution is 0.0135. The van der Waals surface area contributed by atoms with Crippen LogP contribution in [0.3, 0.4) is 0 Å². The standard InChI is InChI=1S/C7H5NO.C4H9FN2/c1-2-4-7-6(3-1)8-5-9-7;5-7-3-1-6-2-4-7/h1-5H;6H,1-4H2. The minimum atomic E-state index is 0.542. The van der Waals surface area contributed by atoms with Gasteiger partial charge in [0.05, 0.1) is 0 Å². The number of benzene rings is 1. The number of nitrogens with zero attached hydrogens (tertiary/aromatic N) is 2. The molecule has 4 nitrogen and oxygen atoms in total. The van der Waals surface area contributed by atoms with E-state index in [0.29, 0.717) is 13.1 Å². The second kappa shape index (κ2) is 5.58. The number of aromatic nitrogens is 1. The second-order valence-electron chi connectivity index (χ2n) is 3.48. The molecule has 2 heterocycles. The fraction of sp³-hybridized carbons (Fsp3) is 0.364. The smallest absolute Gasteiger partial charge is 0.181 e. The van der Waals surface area contributed by atoms with Crippen LogP contribution in [-0.2, 0) is 0 Å². The van der Waals surface area contributed by atoms with Gasteiger partial charge in [0, 0.05) is 26.2 Å². The van der Waals surface area contributed by atoms with E-state index in [1.54, 1.807) is 0 Å². The Morgan fingerprint density at radius 2 is 2.00 bits per heavy atom. The fourth-order valence-electron chi connectivity index (χ4n) is 1.44. The highest BCUT2D eigenvalue weighted by Crippen LogP contribution is 2.09. The van der Waals surface area contributed by atoms with Gasteiger partial charge in [-0.2, -0.15) is 0 Å². The van der Waals surface area contributed by atoms with E-state index in [4.69, 9.17) is 4.42 Å². The number of para-hydroxylation sites is 2. The first-order valence-corrected chi connectivity index (χ1v) is 5.26. The molecular formula is C11H14FN3O. The summed E-state index contributed by atoms with van der Waals surface area (Å²) < 4.78 is 17.0. The Balaban J connectivity index is 0.000000125. The van der Waals surface area contributed by atoms with Crippen LogP contribution in [0.1, 0.15) is 0 Å². The topological polar surface area (TPSA) is 41.3 Å². The van der Waals surface area contributed by atoms with Gasteiger partial charge in [0.2, 0.25) is 0 Å². The van der Waals surface area contributed by atoms with Gasteiger partial charge in [0.1, 0.15) is 5.52 Å². The van der Waals surface area contributed by atoms with Gasteiger partial charge in [-0.25, -0.2) is 4.98 Å². The number of oxazole rings is 1. The van der Waals surface area contributed by atoms with Gasteiger partial charge in [-0.15, -0.1) is 9.60 Å². The van der Waals surface area contributed by atoms with Gasteiger partial charge in [-0.3, -0.25) is 0 Å². The Kier molecular flexibility index (Phi) is 3.85. The summed E-state index contributed by atoms with van der Waals surface area (Å²) in [6.45, 7) is 2.66. The van der Waals surface area contributed by atoms with Crippen LogP contribution in [0.4, 0.5) is 4.48 Å². The van der Waals surface area contributed by atoms with Crippen LogP contribution in [0.5, 0.6) is 0 Å². The summed E-state index contributed by atoms with van der Waals surface area (Å²) in [5, 5.41) is 3.86. The molecule has 0 aliphatic carbocycles. The molecular weight excluding hydrogens is 209 g/mol. The van der Waals surface area contributed by atoms with Gasteiger partial charge >= 0.3 is 0 Å². The Bertz CT molecular complexity index is 396. The SMILES string of the molecule is FN1CCNCC1.c1ccc2ocnc2c1. The molecule has 2 aromatic rings. The average molecular weight is 223 g/mol. The molecule has 0 saturated carbocycles. The quantitative estimate of drug-likeness (QED) is 0.689. The zero-order valence-corrected chi connectivity index (χ0v) is 8.90. The first kappa shape index (κ1) is 11.0. The van der Waals surface area contributed by atoms with E-state index in [1.807, 2.05) is 24.3 Å². The Hall–Kier alpha value is -1.46. The molecule has 16 heavy (non-hydrogen) atoms. The van der Waals surface area contributed by atoms with Crippen LogP contribution >= 0.6 is 0 Å². The van der Waals surface area contributed by atoms with Crippen LogP contribution in [0, 0.1) is 0 Å². The summed E-state index contributed by atoms with van der Waals surface area (Å²) in [5.74, 6) is 0. The molecule has 1 N–H and O–H groups in total. The van der Waals surface area contributed by atoms with Crippen molar-refractivity contribution in [2.75, 3.05) is 26.2 Å². The van der Waals surface area contributed by atoms with Gasteiger partial charge in [-0.1, -0.05) is 12.1 Å². The molecule has 3 rings (SSSR count). The lowest BCUT2D eigenvalue weighted by Gasteiger charge is -2.17. The van der Waals surface area contributed by atoms with Crippen LogP contribution in [-0.4, -0.2) is 36.3 Å². The number of nitrogens with one attached hydrogen (secondary N) is 1. The van der Waals surface area contributed by atoms with Crippen molar-refractivity contribution in [1.82, 2.24) is 15.4 Å². The summed E-state index contributed by atoms with van der Waals surface area (Å²) in [7, 11) is 0. The van der Waals surface area contributed by atoms with Crippen molar-refractivity contribution in [3.63, 3.8) is 0 Å². The van der Waals surface area contributed by atoms with E-state index >= 15 is 0 Å². The van der Waals surface area contributed by atoms with Crippen LogP contribution in [0.15, 0.2) is 35.1 Å². The monoisotopic (exact) mass is 223 g/mol. The van der Waals surface area contributed by atoms with Crippen molar-refractivity contribution in [3.05, 3.63) is 30.7 Å². The highest BCUT2D eigenvalue weighted by atomic mass is 19.2. The largest absolute Gasteiger partial charge is 0.443 e. The van der Waals surface area contributed by atoms with E-state index in [-0.39, 0.29) is 0 Å². The van der Waals surface area contributed by atoms with E-state index in [9.17, 15) is 4.48 Å². The van der Waals surface area contributed by atoms with E-state index in [2.05, 4.69) is 10.3 Å². The maximum atomic E-state index is 12.0. The molecule has 0 spiro atoms. The number of halogens is 1. The van der Waals surface area contributed by atoms with Gasteiger partial charge in [0.25, 0.3) is 0 Å². The summed E-state index contributed by atoms with van der Waals surface area (Å²) in [6, 6.07) is 7.67. The molecule has 86 valence electrons. The lowest BCUT2D eigenvalue weighted by atomic mass is 10.3.